The Hall–Kier alpha value is -3.08. The maximum atomic E-state index is 13.1. The molecule has 0 radical (unpaired) electrons. The summed E-state index contributed by atoms with van der Waals surface area (Å²) in [7, 11) is 1.67. The predicted molar refractivity (Wildman–Crippen MR) is 120 cm³/mol. The summed E-state index contributed by atoms with van der Waals surface area (Å²) in [5, 5.41) is 16.7. The lowest BCUT2D eigenvalue weighted by Crippen LogP contribution is -2.32. The summed E-state index contributed by atoms with van der Waals surface area (Å²) >= 11 is 0. The molecule has 1 saturated carbocycles. The molecule has 1 fully saturated rings. The van der Waals surface area contributed by atoms with E-state index in [0.29, 0.717) is 30.7 Å². The van der Waals surface area contributed by atoms with Gasteiger partial charge in [-0.05, 0) is 50.2 Å². The molecule has 0 spiro atoms. The molecule has 1 aliphatic rings. The monoisotopic (exact) mass is 478 g/mol. The highest BCUT2D eigenvalue weighted by atomic mass is 19.4. The van der Waals surface area contributed by atoms with Gasteiger partial charge in [0.25, 0.3) is 5.91 Å². The molecule has 184 valence electrons. The van der Waals surface area contributed by atoms with Crippen molar-refractivity contribution in [3.8, 4) is 0 Å². The molecule has 0 unspecified atom stereocenters. The zero-order valence-electron chi connectivity index (χ0n) is 19.0. The number of amides is 1. The molecular weight excluding hydrogens is 449 g/mol. The first-order valence-electron chi connectivity index (χ1n) is 11.4. The third-order valence-electron chi connectivity index (χ3n) is 6.45. The van der Waals surface area contributed by atoms with Crippen LogP contribution in [0.1, 0.15) is 48.2 Å². The van der Waals surface area contributed by atoms with E-state index in [2.05, 4.69) is 15.4 Å². The number of carbonyl (C=O) groups is 1. The van der Waals surface area contributed by atoms with Crippen molar-refractivity contribution >= 4 is 17.2 Å². The van der Waals surface area contributed by atoms with E-state index in [1.807, 2.05) is 6.20 Å². The number of rotatable bonds is 8. The van der Waals surface area contributed by atoms with Crippen molar-refractivity contribution in [2.24, 2.45) is 5.92 Å². The number of alkyl halides is 3. The number of nitrogens with zero attached hydrogens (tertiary/aromatic N) is 5. The smallest absolute Gasteiger partial charge is 0.394 e. The van der Waals surface area contributed by atoms with Crippen molar-refractivity contribution in [2.45, 2.75) is 50.9 Å². The second-order valence-corrected chi connectivity index (χ2v) is 8.88. The summed E-state index contributed by atoms with van der Waals surface area (Å²) in [5.74, 6) is 0.145. The molecule has 11 heteroatoms. The number of hydrogen-bond donors (Lipinski definition) is 2. The van der Waals surface area contributed by atoms with E-state index < -0.39 is 11.7 Å². The van der Waals surface area contributed by atoms with E-state index in [1.54, 1.807) is 22.8 Å². The van der Waals surface area contributed by atoms with Crippen LogP contribution in [0.15, 0.2) is 36.9 Å². The molecule has 4 rings (SSSR count). The minimum Gasteiger partial charge on any atom is -0.394 e. The van der Waals surface area contributed by atoms with Crippen LogP contribution in [-0.4, -0.2) is 61.3 Å². The first-order valence-corrected chi connectivity index (χ1v) is 11.4. The SMILES string of the molecule is CN(CCC1CCC(Nc2cnn(CCO)c2)CC1)C(=O)c1cnc2ccc(C(F)(F)F)cn12. The zero-order chi connectivity index (χ0) is 24.3. The van der Waals surface area contributed by atoms with Gasteiger partial charge in [0.15, 0.2) is 0 Å². The maximum Gasteiger partial charge on any atom is 0.417 e. The van der Waals surface area contributed by atoms with Gasteiger partial charge in [-0.25, -0.2) is 4.98 Å². The first-order chi connectivity index (χ1) is 16.2. The maximum absolute atomic E-state index is 13.1. The highest BCUT2D eigenvalue weighted by molar-refractivity contribution is 5.93. The Morgan fingerprint density at radius 3 is 2.68 bits per heavy atom. The number of aliphatic hydroxyl groups excluding tert-OH is 1. The van der Waals surface area contributed by atoms with Gasteiger partial charge in [0.2, 0.25) is 0 Å². The summed E-state index contributed by atoms with van der Waals surface area (Å²) < 4.78 is 42.1. The van der Waals surface area contributed by atoms with Crippen LogP contribution in [0.4, 0.5) is 18.9 Å². The number of imidazole rings is 1. The number of halogens is 3. The Labute approximate surface area is 195 Å². The molecular formula is C23H29F3N6O2. The molecule has 8 nitrogen and oxygen atoms in total. The quantitative estimate of drug-likeness (QED) is 0.516. The molecule has 3 aromatic rings. The van der Waals surface area contributed by atoms with Crippen molar-refractivity contribution in [1.82, 2.24) is 24.1 Å². The Bertz CT molecular complexity index is 1120. The second kappa shape index (κ2) is 10.0. The average molecular weight is 479 g/mol. The van der Waals surface area contributed by atoms with Gasteiger partial charge >= 0.3 is 6.18 Å². The number of anilines is 1. The van der Waals surface area contributed by atoms with E-state index in [9.17, 15) is 18.0 Å². The molecule has 0 saturated heterocycles. The Kier molecular flexibility index (Phi) is 7.11. The predicted octanol–water partition coefficient (Wildman–Crippen LogP) is 3.67. The molecule has 0 bridgehead atoms. The minimum absolute atomic E-state index is 0.0506. The van der Waals surface area contributed by atoms with Gasteiger partial charge in [-0.2, -0.15) is 18.3 Å². The number of hydrogen-bond acceptors (Lipinski definition) is 5. The van der Waals surface area contributed by atoms with Gasteiger partial charge in [0, 0.05) is 32.0 Å². The molecule has 0 atom stereocenters. The third-order valence-corrected chi connectivity index (χ3v) is 6.45. The molecule has 3 aromatic heterocycles. The van der Waals surface area contributed by atoms with Gasteiger partial charge in [0.1, 0.15) is 11.3 Å². The Balaban J connectivity index is 1.28. The van der Waals surface area contributed by atoms with Crippen LogP contribution < -0.4 is 5.32 Å². The highest BCUT2D eigenvalue weighted by Gasteiger charge is 2.31. The first kappa shape index (κ1) is 24.1. The van der Waals surface area contributed by atoms with Crippen LogP contribution in [0.25, 0.3) is 5.65 Å². The molecule has 0 aliphatic heterocycles. The Morgan fingerprint density at radius 2 is 1.97 bits per heavy atom. The number of aliphatic hydroxyl groups is 1. The molecule has 34 heavy (non-hydrogen) atoms. The number of nitrogens with one attached hydrogen (secondary N) is 1. The minimum atomic E-state index is -4.49. The highest BCUT2D eigenvalue weighted by Crippen LogP contribution is 2.30. The number of carbonyl (C=O) groups excluding carboxylic acids is 1. The molecule has 3 heterocycles. The molecule has 2 N–H and O–H groups in total. The van der Waals surface area contributed by atoms with Crippen LogP contribution in [0.5, 0.6) is 0 Å². The van der Waals surface area contributed by atoms with Crippen LogP contribution in [0.2, 0.25) is 0 Å². The van der Waals surface area contributed by atoms with Crippen molar-refractivity contribution in [3.05, 3.63) is 48.2 Å². The number of aromatic nitrogens is 4. The van der Waals surface area contributed by atoms with E-state index in [-0.39, 0.29) is 18.2 Å². The summed E-state index contributed by atoms with van der Waals surface area (Å²) in [6, 6.07) is 2.60. The van der Waals surface area contributed by atoms with E-state index >= 15 is 0 Å². The van der Waals surface area contributed by atoms with Gasteiger partial charge < -0.3 is 15.3 Å². The molecule has 0 aromatic carbocycles. The van der Waals surface area contributed by atoms with Crippen molar-refractivity contribution in [1.29, 1.82) is 0 Å². The molecule has 1 aliphatic carbocycles. The van der Waals surface area contributed by atoms with Crippen LogP contribution in [-0.2, 0) is 12.7 Å². The average Bonchev–Trinajstić information content (AvgIpc) is 3.44. The lowest BCUT2D eigenvalue weighted by molar-refractivity contribution is -0.137. The zero-order valence-corrected chi connectivity index (χ0v) is 19.0. The fraction of sp³-hybridized carbons (Fsp3) is 0.522. The number of fused-ring (bicyclic) bond motifs is 1. The second-order valence-electron chi connectivity index (χ2n) is 8.88. The van der Waals surface area contributed by atoms with E-state index in [1.165, 1.54) is 16.7 Å². The van der Waals surface area contributed by atoms with Crippen molar-refractivity contribution in [3.63, 3.8) is 0 Å². The summed E-state index contributed by atoms with van der Waals surface area (Å²) in [6.45, 7) is 1.05. The van der Waals surface area contributed by atoms with Gasteiger partial charge in [-0.1, -0.05) is 0 Å². The van der Waals surface area contributed by atoms with E-state index in [4.69, 9.17) is 5.11 Å². The largest absolute Gasteiger partial charge is 0.417 e. The summed E-state index contributed by atoms with van der Waals surface area (Å²) in [5.41, 5.74) is 0.556. The lowest BCUT2D eigenvalue weighted by atomic mass is 9.84. The number of pyridine rings is 1. The summed E-state index contributed by atoms with van der Waals surface area (Å²) in [6.07, 6.45) is 6.36. The summed E-state index contributed by atoms with van der Waals surface area (Å²) in [4.78, 5) is 18.5. The Morgan fingerprint density at radius 1 is 1.21 bits per heavy atom. The van der Waals surface area contributed by atoms with E-state index in [0.717, 1.165) is 50.1 Å². The topological polar surface area (TPSA) is 87.7 Å². The van der Waals surface area contributed by atoms with Gasteiger partial charge in [-0.15, -0.1) is 0 Å². The normalized spacial score (nSPS) is 18.9. The van der Waals surface area contributed by atoms with Gasteiger partial charge in [-0.3, -0.25) is 13.9 Å². The standard InChI is InChI=1S/C23H29F3N6O2/c1-30(22(34)20-13-27-21-7-4-17(14-32(20)21)23(24,25)26)9-8-16-2-5-18(6-3-16)29-19-12-28-31(15-19)10-11-33/h4,7,12-16,18,29,33H,2-3,5-6,8-11H2,1H3. The van der Waals surface area contributed by atoms with Crippen LogP contribution in [0.3, 0.4) is 0 Å². The lowest BCUT2D eigenvalue weighted by Gasteiger charge is -2.30. The van der Waals surface area contributed by atoms with Crippen LogP contribution in [0, 0.1) is 5.92 Å². The van der Waals surface area contributed by atoms with Crippen molar-refractivity contribution < 1.29 is 23.1 Å². The fourth-order valence-electron chi connectivity index (χ4n) is 4.47. The third kappa shape index (κ3) is 5.52. The van der Waals surface area contributed by atoms with Crippen LogP contribution >= 0.6 is 0 Å². The van der Waals surface area contributed by atoms with Gasteiger partial charge in [0.05, 0.1) is 36.8 Å². The molecule has 1 amide bonds. The fourth-order valence-corrected chi connectivity index (χ4v) is 4.47. The van der Waals surface area contributed by atoms with Crippen molar-refractivity contribution in [2.75, 3.05) is 25.5 Å².